The van der Waals surface area contributed by atoms with Crippen molar-refractivity contribution in [3.63, 3.8) is 0 Å². The molecule has 1 aromatic heterocycles. The highest BCUT2D eigenvalue weighted by Crippen LogP contribution is 2.44. The number of hydrogen-bond acceptors (Lipinski definition) is 5. The first kappa shape index (κ1) is 19.5. The van der Waals surface area contributed by atoms with E-state index in [2.05, 4.69) is 4.98 Å². The molecule has 1 saturated heterocycles. The second-order valence-electron chi connectivity index (χ2n) is 8.01. The predicted octanol–water partition coefficient (Wildman–Crippen LogP) is 2.95. The topological polar surface area (TPSA) is 58.6 Å². The maximum Gasteiger partial charge on any atom is 0.259 e. The van der Waals surface area contributed by atoms with Gasteiger partial charge in [0.15, 0.2) is 0 Å². The number of benzene rings is 1. The summed E-state index contributed by atoms with van der Waals surface area (Å²) in [5.41, 5.74) is 1.23. The Kier molecular flexibility index (Phi) is 4.88. The predicted molar refractivity (Wildman–Crippen MR) is 104 cm³/mol. The Bertz CT molecular complexity index is 939. The summed E-state index contributed by atoms with van der Waals surface area (Å²) >= 11 is 0. The standard InChI is InChI=1S/C21H24F2N4O2/c1-26(2)20-24-11-13-5-7-21(18(13)25-20)6-4-8-27(12-21)19(28)17-15(22)9-14(29-3)10-16(17)23/h9-11H,4-8,12H2,1-3H3. The molecule has 1 unspecified atom stereocenters. The van der Waals surface area contributed by atoms with Crippen LogP contribution in [0.2, 0.25) is 0 Å². The number of amides is 1. The Balaban J connectivity index is 1.66. The smallest absolute Gasteiger partial charge is 0.259 e. The Morgan fingerprint density at radius 2 is 1.97 bits per heavy atom. The summed E-state index contributed by atoms with van der Waals surface area (Å²) < 4.78 is 33.8. The van der Waals surface area contributed by atoms with Crippen molar-refractivity contribution in [3.05, 3.63) is 46.8 Å². The molecule has 1 spiro atoms. The minimum atomic E-state index is -0.907. The van der Waals surface area contributed by atoms with Gasteiger partial charge in [0.05, 0.1) is 12.8 Å². The van der Waals surface area contributed by atoms with Gasteiger partial charge in [0.25, 0.3) is 5.91 Å². The number of likely N-dealkylation sites (tertiary alicyclic amines) is 1. The molecule has 1 aromatic carbocycles. The van der Waals surface area contributed by atoms with Gasteiger partial charge < -0.3 is 14.5 Å². The van der Waals surface area contributed by atoms with E-state index < -0.39 is 23.1 Å². The monoisotopic (exact) mass is 402 g/mol. The van der Waals surface area contributed by atoms with Crippen LogP contribution in [0.4, 0.5) is 14.7 Å². The van der Waals surface area contributed by atoms with E-state index in [1.165, 1.54) is 7.11 Å². The van der Waals surface area contributed by atoms with E-state index in [1.54, 1.807) is 4.90 Å². The van der Waals surface area contributed by atoms with Gasteiger partial charge in [-0.2, -0.15) is 0 Å². The molecule has 0 N–H and O–H groups in total. The van der Waals surface area contributed by atoms with Crippen LogP contribution >= 0.6 is 0 Å². The number of piperidine rings is 1. The van der Waals surface area contributed by atoms with Crippen LogP contribution in [0.25, 0.3) is 0 Å². The molecule has 2 heterocycles. The molecule has 0 bridgehead atoms. The van der Waals surface area contributed by atoms with Crippen molar-refractivity contribution >= 4 is 11.9 Å². The van der Waals surface area contributed by atoms with Crippen molar-refractivity contribution in [2.45, 2.75) is 31.1 Å². The van der Waals surface area contributed by atoms with Crippen LogP contribution in [0.1, 0.15) is 40.9 Å². The number of hydrogen-bond donors (Lipinski definition) is 0. The van der Waals surface area contributed by atoms with E-state index in [1.807, 2.05) is 25.2 Å². The summed E-state index contributed by atoms with van der Waals surface area (Å²) in [7, 11) is 5.09. The van der Waals surface area contributed by atoms with E-state index in [4.69, 9.17) is 9.72 Å². The van der Waals surface area contributed by atoms with Crippen molar-refractivity contribution in [1.29, 1.82) is 0 Å². The lowest BCUT2D eigenvalue weighted by Gasteiger charge is -2.40. The second kappa shape index (κ2) is 7.24. The van der Waals surface area contributed by atoms with Gasteiger partial charge in [0, 0.05) is 50.9 Å². The molecular formula is C21H24F2N4O2. The molecule has 1 aliphatic heterocycles. The third-order valence-electron chi connectivity index (χ3n) is 5.96. The normalized spacial score (nSPS) is 20.7. The van der Waals surface area contributed by atoms with Gasteiger partial charge in [-0.25, -0.2) is 18.7 Å². The minimum Gasteiger partial charge on any atom is -0.497 e. The molecule has 29 heavy (non-hydrogen) atoms. The summed E-state index contributed by atoms with van der Waals surface area (Å²) in [5.74, 6) is -1.77. The lowest BCUT2D eigenvalue weighted by Crippen LogP contribution is -2.48. The van der Waals surface area contributed by atoms with E-state index in [-0.39, 0.29) is 11.2 Å². The first-order chi connectivity index (χ1) is 13.8. The number of carbonyl (C=O) groups is 1. The number of rotatable bonds is 3. The molecule has 2 aromatic rings. The summed E-state index contributed by atoms with van der Waals surface area (Å²) in [4.78, 5) is 25.6. The average molecular weight is 402 g/mol. The summed E-state index contributed by atoms with van der Waals surface area (Å²) in [6, 6.07) is 2.08. The summed E-state index contributed by atoms with van der Waals surface area (Å²) in [6.07, 6.45) is 5.20. The number of ether oxygens (including phenoxy) is 1. The van der Waals surface area contributed by atoms with E-state index in [9.17, 15) is 13.6 Å². The highest BCUT2D eigenvalue weighted by atomic mass is 19.1. The van der Waals surface area contributed by atoms with Gasteiger partial charge in [-0.3, -0.25) is 4.79 Å². The van der Waals surface area contributed by atoms with Gasteiger partial charge in [-0.1, -0.05) is 0 Å². The molecule has 1 atom stereocenters. The fourth-order valence-corrected chi connectivity index (χ4v) is 4.48. The van der Waals surface area contributed by atoms with Crippen LogP contribution in [-0.2, 0) is 11.8 Å². The van der Waals surface area contributed by atoms with E-state index >= 15 is 0 Å². The van der Waals surface area contributed by atoms with Gasteiger partial charge in [0.1, 0.15) is 22.9 Å². The SMILES string of the molecule is COc1cc(F)c(C(=O)N2CCCC3(CCc4cnc(N(C)C)nc43)C2)c(F)c1. The molecule has 1 aliphatic carbocycles. The minimum absolute atomic E-state index is 0.0456. The number of aryl methyl sites for hydroxylation is 1. The largest absolute Gasteiger partial charge is 0.497 e. The number of nitrogens with zero attached hydrogens (tertiary/aromatic N) is 4. The quantitative estimate of drug-likeness (QED) is 0.790. The summed E-state index contributed by atoms with van der Waals surface area (Å²) in [6.45, 7) is 0.861. The van der Waals surface area contributed by atoms with Gasteiger partial charge in [-0.15, -0.1) is 0 Å². The Labute approximate surface area is 168 Å². The highest BCUT2D eigenvalue weighted by molar-refractivity contribution is 5.95. The van der Waals surface area contributed by atoms with Crippen molar-refractivity contribution in [2.24, 2.45) is 0 Å². The molecule has 8 heteroatoms. The Morgan fingerprint density at radius 1 is 1.24 bits per heavy atom. The van der Waals surface area contributed by atoms with Crippen molar-refractivity contribution in [1.82, 2.24) is 14.9 Å². The third-order valence-corrected chi connectivity index (χ3v) is 5.96. The number of anilines is 1. The molecule has 154 valence electrons. The number of fused-ring (bicyclic) bond motifs is 2. The number of methoxy groups -OCH3 is 1. The highest BCUT2D eigenvalue weighted by Gasteiger charge is 2.45. The average Bonchev–Trinajstić information content (AvgIpc) is 3.04. The van der Waals surface area contributed by atoms with Crippen LogP contribution in [0.3, 0.4) is 0 Å². The molecule has 6 nitrogen and oxygen atoms in total. The molecule has 2 aliphatic rings. The van der Waals surface area contributed by atoms with Crippen molar-refractivity contribution in [2.75, 3.05) is 39.2 Å². The molecule has 1 amide bonds. The lowest BCUT2D eigenvalue weighted by atomic mass is 9.77. The third kappa shape index (κ3) is 3.30. The molecule has 0 radical (unpaired) electrons. The van der Waals surface area contributed by atoms with Crippen molar-refractivity contribution in [3.8, 4) is 5.75 Å². The Morgan fingerprint density at radius 3 is 2.62 bits per heavy atom. The second-order valence-corrected chi connectivity index (χ2v) is 8.01. The van der Waals surface area contributed by atoms with E-state index in [0.29, 0.717) is 19.0 Å². The fourth-order valence-electron chi connectivity index (χ4n) is 4.48. The van der Waals surface area contributed by atoms with Crippen LogP contribution in [-0.4, -0.2) is 55.1 Å². The zero-order valence-corrected chi connectivity index (χ0v) is 16.8. The zero-order valence-electron chi connectivity index (χ0n) is 16.8. The molecular weight excluding hydrogens is 378 g/mol. The first-order valence-electron chi connectivity index (χ1n) is 9.71. The fraction of sp³-hybridized carbons (Fsp3) is 0.476. The maximum absolute atomic E-state index is 14.5. The van der Waals surface area contributed by atoms with E-state index in [0.717, 1.165) is 49.1 Å². The number of carbonyl (C=O) groups excluding carboxylic acids is 1. The Hall–Kier alpha value is -2.77. The van der Waals surface area contributed by atoms with Crippen LogP contribution < -0.4 is 9.64 Å². The zero-order chi connectivity index (χ0) is 20.8. The van der Waals surface area contributed by atoms with Gasteiger partial charge in [0.2, 0.25) is 5.95 Å². The first-order valence-corrected chi connectivity index (χ1v) is 9.71. The summed E-state index contributed by atoms with van der Waals surface area (Å²) in [5, 5.41) is 0. The van der Waals surface area contributed by atoms with Crippen molar-refractivity contribution < 1.29 is 18.3 Å². The molecule has 1 fully saturated rings. The van der Waals surface area contributed by atoms with Crippen LogP contribution in [0.15, 0.2) is 18.3 Å². The van der Waals surface area contributed by atoms with Gasteiger partial charge >= 0.3 is 0 Å². The van der Waals surface area contributed by atoms with Crippen LogP contribution in [0, 0.1) is 11.6 Å². The number of aromatic nitrogens is 2. The molecule has 0 saturated carbocycles. The molecule has 4 rings (SSSR count). The number of halogens is 2. The maximum atomic E-state index is 14.5. The van der Waals surface area contributed by atoms with Gasteiger partial charge in [-0.05, 0) is 31.2 Å². The lowest BCUT2D eigenvalue weighted by molar-refractivity contribution is 0.0623. The van der Waals surface area contributed by atoms with Crippen LogP contribution in [0.5, 0.6) is 5.75 Å².